The highest BCUT2D eigenvalue weighted by Crippen LogP contribution is 2.37. The Balaban J connectivity index is 1.61. The van der Waals surface area contributed by atoms with Crippen molar-refractivity contribution >= 4 is 44.0 Å². The number of rotatable bonds is 4. The number of nitrogens with one attached hydrogen (secondary N) is 1. The maximum absolute atomic E-state index is 13.3. The van der Waals surface area contributed by atoms with Crippen molar-refractivity contribution in [2.75, 3.05) is 28.3 Å². The van der Waals surface area contributed by atoms with Crippen LogP contribution in [0.3, 0.4) is 0 Å². The molecule has 2 atom stereocenters. The van der Waals surface area contributed by atoms with Crippen molar-refractivity contribution < 1.29 is 26.4 Å². The molecule has 0 radical (unpaired) electrons. The second-order valence-electron chi connectivity index (χ2n) is 8.16. The average Bonchev–Trinajstić information content (AvgIpc) is 3.21. The lowest BCUT2D eigenvalue weighted by atomic mass is 10.1. The van der Waals surface area contributed by atoms with E-state index in [1.165, 1.54) is 30.0 Å². The molecule has 0 aliphatic carbocycles. The van der Waals surface area contributed by atoms with Crippen LogP contribution in [0.15, 0.2) is 47.5 Å². The molecule has 2 aliphatic heterocycles. The lowest BCUT2D eigenvalue weighted by molar-refractivity contribution is -0.137. The number of sulfone groups is 1. The molecule has 4 rings (SSSR count). The summed E-state index contributed by atoms with van der Waals surface area (Å²) in [7, 11) is -3.15. The molecule has 0 bridgehead atoms. The molecule has 176 valence electrons. The topological polar surface area (TPSA) is 78.8 Å². The smallest absolute Gasteiger partial charge is 0.324 e. The van der Waals surface area contributed by atoms with E-state index in [1.54, 1.807) is 4.90 Å². The first-order valence-corrected chi connectivity index (χ1v) is 12.9. The standard InChI is InChI=1S/C22H22F3N3O3S2/c1-13-7-8-15(9-14(13)2)28(21-27-18-11-33(30,31)12-19(18)32-21)10-20(29)26-17-6-4-3-5-16(17)22(23,24)25/h3-9,18-19H,10-12H2,1-2H3,(H,26,29)/t18-,19-/m0/s1. The number of hydrogen-bond donors (Lipinski definition) is 1. The molecule has 0 aromatic heterocycles. The maximum Gasteiger partial charge on any atom is 0.418 e. The predicted octanol–water partition coefficient (Wildman–Crippen LogP) is 4.04. The molecule has 2 aromatic carbocycles. The Morgan fingerprint density at radius 3 is 2.55 bits per heavy atom. The summed E-state index contributed by atoms with van der Waals surface area (Å²) in [6.07, 6.45) is -4.61. The van der Waals surface area contributed by atoms with Crippen LogP contribution in [-0.4, -0.2) is 48.8 Å². The molecule has 33 heavy (non-hydrogen) atoms. The quantitative estimate of drug-likeness (QED) is 0.690. The van der Waals surface area contributed by atoms with Gasteiger partial charge in [0, 0.05) is 10.9 Å². The number of nitrogens with zero attached hydrogens (tertiary/aromatic N) is 2. The van der Waals surface area contributed by atoms with Gasteiger partial charge in [0.15, 0.2) is 15.0 Å². The van der Waals surface area contributed by atoms with E-state index in [1.807, 2.05) is 32.0 Å². The molecular weight excluding hydrogens is 475 g/mol. The van der Waals surface area contributed by atoms with E-state index in [2.05, 4.69) is 10.3 Å². The van der Waals surface area contributed by atoms with Crippen LogP contribution in [0.4, 0.5) is 24.5 Å². The van der Waals surface area contributed by atoms with E-state index < -0.39 is 33.5 Å². The summed E-state index contributed by atoms with van der Waals surface area (Å²) in [5.74, 6) is -0.667. The number of aryl methyl sites for hydroxylation is 2. The molecule has 1 N–H and O–H groups in total. The van der Waals surface area contributed by atoms with Gasteiger partial charge in [-0.1, -0.05) is 30.0 Å². The van der Waals surface area contributed by atoms with Crippen LogP contribution in [0.2, 0.25) is 0 Å². The van der Waals surface area contributed by atoms with Crippen LogP contribution in [-0.2, 0) is 20.8 Å². The number of carbonyl (C=O) groups is 1. The molecule has 0 saturated carbocycles. The highest BCUT2D eigenvalue weighted by atomic mass is 32.2. The number of carbonyl (C=O) groups excluding carboxylic acids is 1. The molecule has 1 saturated heterocycles. The number of hydrogen-bond acceptors (Lipinski definition) is 6. The molecule has 2 aliphatic rings. The molecule has 2 aromatic rings. The number of anilines is 2. The third-order valence-corrected chi connectivity index (χ3v) is 8.89. The number of thioether (sulfide) groups is 1. The third kappa shape index (κ3) is 5.19. The summed E-state index contributed by atoms with van der Waals surface area (Å²) in [6, 6.07) is 9.99. The van der Waals surface area contributed by atoms with E-state index in [0.29, 0.717) is 10.9 Å². The van der Waals surface area contributed by atoms with Gasteiger partial charge in [-0.25, -0.2) is 8.42 Å². The molecule has 2 heterocycles. The van der Waals surface area contributed by atoms with Gasteiger partial charge in [-0.05, 0) is 49.2 Å². The molecule has 6 nitrogen and oxygen atoms in total. The summed E-state index contributed by atoms with van der Waals surface area (Å²) in [6.45, 7) is 3.59. The second kappa shape index (κ2) is 8.68. The van der Waals surface area contributed by atoms with Crippen LogP contribution < -0.4 is 10.2 Å². The van der Waals surface area contributed by atoms with E-state index in [0.717, 1.165) is 17.2 Å². The molecule has 1 amide bonds. The zero-order chi connectivity index (χ0) is 24.0. The molecule has 0 spiro atoms. The van der Waals surface area contributed by atoms with Crippen molar-refractivity contribution in [3.8, 4) is 0 Å². The van der Waals surface area contributed by atoms with Gasteiger partial charge in [0.1, 0.15) is 6.54 Å². The van der Waals surface area contributed by atoms with Crippen LogP contribution in [0.5, 0.6) is 0 Å². The first kappa shape index (κ1) is 23.6. The van der Waals surface area contributed by atoms with E-state index in [4.69, 9.17) is 0 Å². The van der Waals surface area contributed by atoms with E-state index >= 15 is 0 Å². The van der Waals surface area contributed by atoms with Gasteiger partial charge in [0.2, 0.25) is 5.91 Å². The largest absolute Gasteiger partial charge is 0.418 e. The molecule has 1 fully saturated rings. The Hall–Kier alpha value is -2.53. The Morgan fingerprint density at radius 1 is 1.15 bits per heavy atom. The summed E-state index contributed by atoms with van der Waals surface area (Å²) >= 11 is 1.29. The first-order valence-electron chi connectivity index (χ1n) is 10.2. The monoisotopic (exact) mass is 497 g/mol. The minimum atomic E-state index is -4.61. The Morgan fingerprint density at radius 2 is 1.88 bits per heavy atom. The fourth-order valence-corrected chi connectivity index (χ4v) is 7.59. The fraction of sp³-hybridized carbons (Fsp3) is 0.364. The lowest BCUT2D eigenvalue weighted by Gasteiger charge is -2.25. The van der Waals surface area contributed by atoms with Crippen LogP contribution in [0, 0.1) is 13.8 Å². The highest BCUT2D eigenvalue weighted by molar-refractivity contribution is 8.15. The van der Waals surface area contributed by atoms with Crippen molar-refractivity contribution in [3.63, 3.8) is 0 Å². The number of fused-ring (bicyclic) bond motifs is 1. The van der Waals surface area contributed by atoms with Gasteiger partial charge in [-0.3, -0.25) is 9.79 Å². The molecule has 11 heteroatoms. The van der Waals surface area contributed by atoms with Crippen LogP contribution in [0.1, 0.15) is 16.7 Å². The van der Waals surface area contributed by atoms with Crippen molar-refractivity contribution in [3.05, 3.63) is 59.2 Å². The number of para-hydroxylation sites is 1. The maximum atomic E-state index is 13.3. The van der Waals surface area contributed by atoms with Crippen molar-refractivity contribution in [1.82, 2.24) is 0 Å². The third-order valence-electron chi connectivity index (χ3n) is 5.65. The van der Waals surface area contributed by atoms with Gasteiger partial charge in [-0.15, -0.1) is 0 Å². The van der Waals surface area contributed by atoms with Crippen molar-refractivity contribution in [2.45, 2.75) is 31.3 Å². The van der Waals surface area contributed by atoms with E-state index in [-0.39, 0.29) is 29.0 Å². The van der Waals surface area contributed by atoms with Crippen molar-refractivity contribution in [2.24, 2.45) is 4.99 Å². The van der Waals surface area contributed by atoms with Gasteiger partial charge in [-0.2, -0.15) is 13.2 Å². The Kier molecular flexibility index (Phi) is 6.21. The number of alkyl halides is 3. The number of amidine groups is 1. The van der Waals surface area contributed by atoms with Crippen LogP contribution >= 0.6 is 11.8 Å². The summed E-state index contributed by atoms with van der Waals surface area (Å²) < 4.78 is 63.8. The van der Waals surface area contributed by atoms with Gasteiger partial charge in [0.05, 0.1) is 28.8 Å². The Bertz CT molecular complexity index is 1230. The molecular formula is C22H22F3N3O3S2. The van der Waals surface area contributed by atoms with Gasteiger partial charge >= 0.3 is 6.18 Å². The number of aliphatic imine (C=N–C) groups is 1. The molecule has 0 unspecified atom stereocenters. The number of benzene rings is 2. The summed E-state index contributed by atoms with van der Waals surface area (Å²) in [5.41, 5.74) is 1.44. The summed E-state index contributed by atoms with van der Waals surface area (Å²) in [4.78, 5) is 19.0. The van der Waals surface area contributed by atoms with E-state index in [9.17, 15) is 26.4 Å². The highest BCUT2D eigenvalue weighted by Gasteiger charge is 2.44. The van der Waals surface area contributed by atoms with Gasteiger partial charge in [0.25, 0.3) is 0 Å². The number of amides is 1. The lowest BCUT2D eigenvalue weighted by Crippen LogP contribution is -2.37. The number of halogens is 3. The minimum Gasteiger partial charge on any atom is -0.324 e. The Labute approximate surface area is 194 Å². The minimum absolute atomic E-state index is 0.0151. The SMILES string of the molecule is Cc1ccc(N(CC(=O)Nc2ccccc2C(F)(F)F)C2=N[C@H]3CS(=O)(=O)C[C@@H]3S2)cc1C. The first-order chi connectivity index (χ1) is 15.4. The normalized spacial score (nSPS) is 21.4. The van der Waals surface area contributed by atoms with Gasteiger partial charge < -0.3 is 10.2 Å². The summed E-state index contributed by atoms with van der Waals surface area (Å²) in [5, 5.41) is 2.63. The predicted molar refractivity (Wildman–Crippen MR) is 125 cm³/mol. The second-order valence-corrected chi connectivity index (χ2v) is 11.5. The fourth-order valence-electron chi connectivity index (χ4n) is 3.81. The average molecular weight is 498 g/mol. The zero-order valence-corrected chi connectivity index (χ0v) is 19.5. The zero-order valence-electron chi connectivity index (χ0n) is 17.9. The van der Waals surface area contributed by atoms with Crippen LogP contribution in [0.25, 0.3) is 0 Å². The van der Waals surface area contributed by atoms with Crippen molar-refractivity contribution in [1.29, 1.82) is 0 Å².